The SMILES string of the molecule is CC(CCc1ccco1)Nc1c(N)cncc1Cl. The summed E-state index contributed by atoms with van der Waals surface area (Å²) < 4.78 is 5.29. The van der Waals surface area contributed by atoms with Crippen LogP contribution in [0.4, 0.5) is 11.4 Å². The summed E-state index contributed by atoms with van der Waals surface area (Å²) in [4.78, 5) is 3.93. The first-order chi connectivity index (χ1) is 8.66. The molecule has 0 aromatic carbocycles. The Bertz CT molecular complexity index is 479. The lowest BCUT2D eigenvalue weighted by atomic mass is 10.1. The van der Waals surface area contributed by atoms with Gasteiger partial charge in [-0.2, -0.15) is 0 Å². The van der Waals surface area contributed by atoms with E-state index in [0.717, 1.165) is 24.3 Å². The Kier molecular flexibility index (Phi) is 4.10. The summed E-state index contributed by atoms with van der Waals surface area (Å²) in [6.07, 6.45) is 6.67. The molecule has 2 aromatic heterocycles. The zero-order chi connectivity index (χ0) is 13.0. The van der Waals surface area contributed by atoms with E-state index in [1.165, 1.54) is 0 Å². The standard InChI is InChI=1S/C13H16ClN3O/c1-9(4-5-10-3-2-6-18-10)17-13-11(14)7-16-8-12(13)15/h2-3,6-9H,4-5,15H2,1H3,(H,16,17). The molecule has 1 atom stereocenters. The molecule has 2 rings (SSSR count). The van der Waals surface area contributed by atoms with Gasteiger partial charge in [0.15, 0.2) is 0 Å². The van der Waals surface area contributed by atoms with Crippen molar-refractivity contribution >= 4 is 23.0 Å². The van der Waals surface area contributed by atoms with Crippen LogP contribution in [0.2, 0.25) is 5.02 Å². The first-order valence-electron chi connectivity index (χ1n) is 5.84. The smallest absolute Gasteiger partial charge is 0.103 e. The molecule has 18 heavy (non-hydrogen) atoms. The third kappa shape index (κ3) is 3.17. The number of aromatic nitrogens is 1. The number of aryl methyl sites for hydroxylation is 1. The van der Waals surface area contributed by atoms with Crippen LogP contribution in [0, 0.1) is 0 Å². The van der Waals surface area contributed by atoms with E-state index in [9.17, 15) is 0 Å². The van der Waals surface area contributed by atoms with Crippen molar-refractivity contribution in [3.05, 3.63) is 41.6 Å². The molecule has 96 valence electrons. The Morgan fingerprint density at radius 1 is 1.50 bits per heavy atom. The molecule has 0 aliphatic carbocycles. The minimum atomic E-state index is 0.247. The van der Waals surface area contributed by atoms with Gasteiger partial charge in [-0.3, -0.25) is 4.98 Å². The average Bonchev–Trinajstić information content (AvgIpc) is 2.84. The lowest BCUT2D eigenvalue weighted by Gasteiger charge is -2.17. The van der Waals surface area contributed by atoms with Crippen LogP contribution in [0.1, 0.15) is 19.1 Å². The Balaban J connectivity index is 1.92. The molecule has 0 saturated carbocycles. The fourth-order valence-corrected chi connectivity index (χ4v) is 1.95. The molecule has 3 N–H and O–H groups in total. The number of hydrogen-bond acceptors (Lipinski definition) is 4. The van der Waals surface area contributed by atoms with Crippen molar-refractivity contribution in [1.82, 2.24) is 4.98 Å². The molecular formula is C13H16ClN3O. The Morgan fingerprint density at radius 2 is 2.33 bits per heavy atom. The molecule has 1 unspecified atom stereocenters. The Morgan fingerprint density at radius 3 is 3.00 bits per heavy atom. The molecule has 2 heterocycles. The minimum absolute atomic E-state index is 0.247. The van der Waals surface area contributed by atoms with Gasteiger partial charge < -0.3 is 15.5 Å². The van der Waals surface area contributed by atoms with Crippen LogP contribution in [-0.4, -0.2) is 11.0 Å². The Labute approximate surface area is 111 Å². The number of nitrogen functional groups attached to an aromatic ring is 1. The second kappa shape index (κ2) is 5.78. The molecule has 0 spiro atoms. The number of rotatable bonds is 5. The van der Waals surface area contributed by atoms with Crippen LogP contribution in [0.15, 0.2) is 35.2 Å². The van der Waals surface area contributed by atoms with Crippen LogP contribution in [-0.2, 0) is 6.42 Å². The van der Waals surface area contributed by atoms with E-state index in [4.69, 9.17) is 21.8 Å². The van der Waals surface area contributed by atoms with Gasteiger partial charge in [-0.1, -0.05) is 11.6 Å². The monoisotopic (exact) mass is 265 g/mol. The lowest BCUT2D eigenvalue weighted by Crippen LogP contribution is -2.17. The average molecular weight is 266 g/mol. The summed E-state index contributed by atoms with van der Waals surface area (Å²) in [5, 5.41) is 3.84. The van der Waals surface area contributed by atoms with Gasteiger partial charge >= 0.3 is 0 Å². The van der Waals surface area contributed by atoms with Gasteiger partial charge in [0.2, 0.25) is 0 Å². The largest absolute Gasteiger partial charge is 0.469 e. The summed E-state index contributed by atoms with van der Waals surface area (Å²) in [5.41, 5.74) is 7.14. The van der Waals surface area contributed by atoms with Crippen molar-refractivity contribution in [2.45, 2.75) is 25.8 Å². The third-order valence-electron chi connectivity index (χ3n) is 2.72. The van der Waals surface area contributed by atoms with Crippen LogP contribution in [0.5, 0.6) is 0 Å². The van der Waals surface area contributed by atoms with Gasteiger partial charge in [-0.25, -0.2) is 0 Å². The van der Waals surface area contributed by atoms with Crippen molar-refractivity contribution in [1.29, 1.82) is 0 Å². The van der Waals surface area contributed by atoms with Gasteiger partial charge in [0.1, 0.15) is 5.76 Å². The van der Waals surface area contributed by atoms with Crippen molar-refractivity contribution in [2.24, 2.45) is 0 Å². The summed E-state index contributed by atoms with van der Waals surface area (Å²) >= 11 is 6.05. The molecule has 0 fully saturated rings. The molecule has 0 bridgehead atoms. The molecule has 0 aliphatic heterocycles. The number of halogens is 1. The van der Waals surface area contributed by atoms with Crippen LogP contribution in [0.25, 0.3) is 0 Å². The van der Waals surface area contributed by atoms with E-state index in [0.29, 0.717) is 10.7 Å². The number of nitrogens with two attached hydrogens (primary N) is 1. The summed E-state index contributed by atoms with van der Waals surface area (Å²) in [5.74, 6) is 0.984. The zero-order valence-electron chi connectivity index (χ0n) is 10.2. The van der Waals surface area contributed by atoms with E-state index in [-0.39, 0.29) is 6.04 Å². The fourth-order valence-electron chi connectivity index (χ4n) is 1.73. The number of furan rings is 1. The molecule has 0 amide bonds. The molecule has 0 aliphatic rings. The van der Waals surface area contributed by atoms with Crippen molar-refractivity contribution in [3.63, 3.8) is 0 Å². The topological polar surface area (TPSA) is 64.1 Å². The number of anilines is 2. The first-order valence-corrected chi connectivity index (χ1v) is 6.22. The highest BCUT2D eigenvalue weighted by Gasteiger charge is 2.09. The van der Waals surface area contributed by atoms with Crippen LogP contribution < -0.4 is 11.1 Å². The number of hydrogen-bond donors (Lipinski definition) is 2. The third-order valence-corrected chi connectivity index (χ3v) is 3.01. The summed E-state index contributed by atoms with van der Waals surface area (Å²) in [6, 6.07) is 4.11. The summed E-state index contributed by atoms with van der Waals surface area (Å²) in [7, 11) is 0. The van der Waals surface area contributed by atoms with Gasteiger partial charge in [0.05, 0.1) is 28.9 Å². The summed E-state index contributed by atoms with van der Waals surface area (Å²) in [6.45, 7) is 2.08. The quantitative estimate of drug-likeness (QED) is 0.870. The van der Waals surface area contributed by atoms with Crippen LogP contribution >= 0.6 is 11.6 Å². The Hall–Kier alpha value is -1.68. The molecule has 5 heteroatoms. The molecule has 0 saturated heterocycles. The highest BCUT2D eigenvalue weighted by atomic mass is 35.5. The number of nitrogens with one attached hydrogen (secondary N) is 1. The van der Waals surface area contributed by atoms with Crippen molar-refractivity contribution in [2.75, 3.05) is 11.1 Å². The van der Waals surface area contributed by atoms with Crippen molar-refractivity contribution < 1.29 is 4.42 Å². The zero-order valence-corrected chi connectivity index (χ0v) is 10.9. The maximum absolute atomic E-state index is 6.05. The van der Waals surface area contributed by atoms with E-state index >= 15 is 0 Å². The fraction of sp³-hybridized carbons (Fsp3) is 0.308. The van der Waals surface area contributed by atoms with Gasteiger partial charge in [0, 0.05) is 18.7 Å². The predicted molar refractivity (Wildman–Crippen MR) is 73.8 cm³/mol. The molecular weight excluding hydrogens is 250 g/mol. The second-order valence-corrected chi connectivity index (χ2v) is 4.66. The van der Waals surface area contributed by atoms with Gasteiger partial charge in [-0.05, 0) is 25.5 Å². The highest BCUT2D eigenvalue weighted by molar-refractivity contribution is 6.33. The maximum Gasteiger partial charge on any atom is 0.103 e. The van der Waals surface area contributed by atoms with E-state index < -0.39 is 0 Å². The van der Waals surface area contributed by atoms with Gasteiger partial charge in [0.25, 0.3) is 0 Å². The first kappa shape index (κ1) is 12.8. The molecule has 4 nitrogen and oxygen atoms in total. The van der Waals surface area contributed by atoms with Crippen molar-refractivity contribution in [3.8, 4) is 0 Å². The van der Waals surface area contributed by atoms with Crippen LogP contribution in [0.3, 0.4) is 0 Å². The maximum atomic E-state index is 6.05. The lowest BCUT2D eigenvalue weighted by molar-refractivity contribution is 0.495. The van der Waals surface area contributed by atoms with E-state index in [1.807, 2.05) is 12.1 Å². The highest BCUT2D eigenvalue weighted by Crippen LogP contribution is 2.27. The molecule has 2 aromatic rings. The van der Waals surface area contributed by atoms with E-state index in [1.54, 1.807) is 18.7 Å². The predicted octanol–water partition coefficient (Wildman–Crippen LogP) is 3.34. The second-order valence-electron chi connectivity index (χ2n) is 4.25. The minimum Gasteiger partial charge on any atom is -0.469 e. The number of pyridine rings is 1. The van der Waals surface area contributed by atoms with Gasteiger partial charge in [-0.15, -0.1) is 0 Å². The molecule has 0 radical (unpaired) electrons. The number of nitrogens with zero attached hydrogens (tertiary/aromatic N) is 1. The normalized spacial score (nSPS) is 12.3. The van der Waals surface area contributed by atoms with E-state index in [2.05, 4.69) is 17.2 Å².